The summed E-state index contributed by atoms with van der Waals surface area (Å²) in [5, 5.41) is 11.2. The van der Waals surface area contributed by atoms with Crippen LogP contribution in [0.5, 0.6) is 0 Å². The van der Waals surface area contributed by atoms with Crippen molar-refractivity contribution in [2.45, 2.75) is 56.5 Å². The van der Waals surface area contributed by atoms with Crippen LogP contribution in [-0.4, -0.2) is 25.4 Å². The highest BCUT2D eigenvalue weighted by molar-refractivity contribution is 7.89. The number of aryl methyl sites for hydroxylation is 2. The third kappa shape index (κ3) is 3.45. The molecule has 1 aromatic carbocycles. The number of hydrogen-bond acceptors (Lipinski definition) is 5. The summed E-state index contributed by atoms with van der Waals surface area (Å²) >= 11 is 0. The van der Waals surface area contributed by atoms with Crippen molar-refractivity contribution >= 4 is 15.7 Å². The minimum atomic E-state index is -3.98. The molecule has 1 aromatic rings. The lowest BCUT2D eigenvalue weighted by Gasteiger charge is -2.29. The Hall–Kier alpha value is -1.51. The van der Waals surface area contributed by atoms with Gasteiger partial charge >= 0.3 is 0 Å². The van der Waals surface area contributed by atoms with Crippen LogP contribution in [0.2, 0.25) is 0 Å². The van der Waals surface area contributed by atoms with Gasteiger partial charge in [0, 0.05) is 18.2 Å². The number of rotatable bonds is 4. The monoisotopic (exact) mass is 327 g/mol. The van der Waals surface area contributed by atoms with Gasteiger partial charge in [-0.1, -0.05) is 12.8 Å². The summed E-state index contributed by atoms with van der Waals surface area (Å²) in [6.45, 7) is 3.44. The van der Waals surface area contributed by atoms with Gasteiger partial charge in [0.1, 0.15) is 0 Å². The maximum Gasteiger partial charge on any atom is 0.289 e. The van der Waals surface area contributed by atoms with Crippen LogP contribution in [0.25, 0.3) is 0 Å². The first-order valence-electron chi connectivity index (χ1n) is 7.26. The molecule has 1 aliphatic rings. The Bertz CT molecular complexity index is 688. The van der Waals surface area contributed by atoms with Crippen LogP contribution in [0, 0.1) is 24.0 Å². The van der Waals surface area contributed by atoms with Gasteiger partial charge in [-0.2, -0.15) is 0 Å². The molecule has 7 nitrogen and oxygen atoms in total. The smallest absolute Gasteiger partial charge is 0.289 e. The van der Waals surface area contributed by atoms with Gasteiger partial charge in [-0.25, -0.2) is 13.1 Å². The van der Waals surface area contributed by atoms with Crippen molar-refractivity contribution in [2.24, 2.45) is 5.73 Å². The molecule has 0 radical (unpaired) electrons. The van der Waals surface area contributed by atoms with Crippen molar-refractivity contribution in [3.63, 3.8) is 0 Å². The van der Waals surface area contributed by atoms with Gasteiger partial charge in [0.15, 0.2) is 4.90 Å². The third-order valence-electron chi connectivity index (χ3n) is 4.19. The lowest BCUT2D eigenvalue weighted by Crippen LogP contribution is -2.49. The third-order valence-corrected chi connectivity index (χ3v) is 5.71. The molecule has 22 heavy (non-hydrogen) atoms. The molecule has 8 heteroatoms. The molecule has 1 fully saturated rings. The van der Waals surface area contributed by atoms with Crippen molar-refractivity contribution in [3.8, 4) is 0 Å². The Morgan fingerprint density at radius 3 is 2.41 bits per heavy atom. The van der Waals surface area contributed by atoms with Crippen molar-refractivity contribution < 1.29 is 13.3 Å². The predicted molar refractivity (Wildman–Crippen MR) is 83.1 cm³/mol. The number of nitrogens with one attached hydrogen (secondary N) is 1. The zero-order valence-corrected chi connectivity index (χ0v) is 13.5. The molecule has 3 N–H and O–H groups in total. The van der Waals surface area contributed by atoms with Gasteiger partial charge in [0.25, 0.3) is 5.69 Å². The van der Waals surface area contributed by atoms with E-state index in [1.807, 2.05) is 0 Å². The van der Waals surface area contributed by atoms with Gasteiger partial charge in [-0.05, 0) is 43.9 Å². The normalized spacial score (nSPS) is 22.5. The van der Waals surface area contributed by atoms with Crippen molar-refractivity contribution in [3.05, 3.63) is 33.4 Å². The van der Waals surface area contributed by atoms with E-state index >= 15 is 0 Å². The summed E-state index contributed by atoms with van der Waals surface area (Å²) in [6, 6.07) is 2.02. The van der Waals surface area contributed by atoms with Gasteiger partial charge in [-0.3, -0.25) is 10.1 Å². The van der Waals surface area contributed by atoms with E-state index < -0.39 is 20.6 Å². The fourth-order valence-electron chi connectivity index (χ4n) is 2.70. The van der Waals surface area contributed by atoms with Gasteiger partial charge in [0.2, 0.25) is 10.0 Å². The minimum Gasteiger partial charge on any atom is -0.326 e. The fraction of sp³-hybridized carbons (Fsp3) is 0.571. The number of nitro groups is 1. The van der Waals surface area contributed by atoms with Crippen molar-refractivity contribution in [2.75, 3.05) is 0 Å². The quantitative estimate of drug-likeness (QED) is 0.646. The Kier molecular flexibility index (Phi) is 4.84. The highest BCUT2D eigenvalue weighted by Crippen LogP contribution is 2.28. The minimum absolute atomic E-state index is 0.255. The van der Waals surface area contributed by atoms with E-state index in [4.69, 9.17) is 5.73 Å². The van der Waals surface area contributed by atoms with Crippen LogP contribution < -0.4 is 10.5 Å². The highest BCUT2D eigenvalue weighted by Gasteiger charge is 2.32. The Labute approximate surface area is 130 Å². The van der Waals surface area contributed by atoms with E-state index in [1.54, 1.807) is 13.8 Å². The maximum absolute atomic E-state index is 12.6. The fourth-order valence-corrected chi connectivity index (χ4v) is 4.26. The molecule has 0 bridgehead atoms. The van der Waals surface area contributed by atoms with E-state index in [2.05, 4.69) is 4.72 Å². The van der Waals surface area contributed by atoms with Crippen molar-refractivity contribution in [1.29, 1.82) is 0 Å². The number of nitrogens with two attached hydrogens (primary N) is 1. The summed E-state index contributed by atoms with van der Waals surface area (Å²) in [7, 11) is -3.98. The summed E-state index contributed by atoms with van der Waals surface area (Å²) in [4.78, 5) is 10.2. The molecule has 2 rings (SSSR count). The molecule has 0 aromatic heterocycles. The molecule has 0 aliphatic heterocycles. The Balaban J connectivity index is 2.40. The van der Waals surface area contributed by atoms with E-state index in [-0.39, 0.29) is 17.0 Å². The second kappa shape index (κ2) is 6.31. The van der Waals surface area contributed by atoms with Crippen LogP contribution in [0.15, 0.2) is 17.0 Å². The first-order chi connectivity index (χ1) is 10.2. The first kappa shape index (κ1) is 16.9. The molecule has 0 spiro atoms. The van der Waals surface area contributed by atoms with Crippen LogP contribution in [0.4, 0.5) is 5.69 Å². The summed E-state index contributed by atoms with van der Waals surface area (Å²) in [5.74, 6) is 0. The zero-order chi connectivity index (χ0) is 16.5. The largest absolute Gasteiger partial charge is 0.326 e. The molecule has 0 saturated heterocycles. The molecule has 0 heterocycles. The molecule has 1 saturated carbocycles. The van der Waals surface area contributed by atoms with Crippen LogP contribution in [0.3, 0.4) is 0 Å². The average molecular weight is 327 g/mol. The summed E-state index contributed by atoms with van der Waals surface area (Å²) in [5.41, 5.74) is 6.93. The molecular weight excluding hydrogens is 306 g/mol. The Morgan fingerprint density at radius 1 is 1.23 bits per heavy atom. The second-order valence-corrected chi connectivity index (χ2v) is 7.52. The number of hydrogen-bond donors (Lipinski definition) is 2. The topological polar surface area (TPSA) is 115 Å². The standard InChI is InChI=1S/C14H21N3O4S/c1-9-7-13(17(18)19)14(8-10(9)2)22(20,21)16-12-6-4-3-5-11(12)15/h7-8,11-12,16H,3-6,15H2,1-2H3/t11-,12-/m1/s1. The first-order valence-corrected chi connectivity index (χ1v) is 8.74. The summed E-state index contributed by atoms with van der Waals surface area (Å²) < 4.78 is 27.7. The number of sulfonamides is 1. The zero-order valence-electron chi connectivity index (χ0n) is 12.7. The van der Waals surface area contributed by atoms with Gasteiger partial charge < -0.3 is 5.73 Å². The molecular formula is C14H21N3O4S. The van der Waals surface area contributed by atoms with E-state index in [0.717, 1.165) is 19.3 Å². The summed E-state index contributed by atoms with van der Waals surface area (Å²) in [6.07, 6.45) is 3.28. The average Bonchev–Trinajstić information content (AvgIpc) is 2.43. The number of nitrogens with zero attached hydrogens (tertiary/aromatic N) is 1. The van der Waals surface area contributed by atoms with E-state index in [0.29, 0.717) is 17.5 Å². The second-order valence-electron chi connectivity index (χ2n) is 5.84. The molecule has 0 amide bonds. The lowest BCUT2D eigenvalue weighted by atomic mass is 9.92. The molecule has 2 atom stereocenters. The Morgan fingerprint density at radius 2 is 1.82 bits per heavy atom. The number of benzene rings is 1. The van der Waals surface area contributed by atoms with Gasteiger partial charge in [-0.15, -0.1) is 0 Å². The molecule has 1 aliphatic carbocycles. The maximum atomic E-state index is 12.6. The van der Waals surface area contributed by atoms with E-state index in [9.17, 15) is 18.5 Å². The van der Waals surface area contributed by atoms with Crippen molar-refractivity contribution in [1.82, 2.24) is 4.72 Å². The van der Waals surface area contributed by atoms with Crippen LogP contribution in [0.1, 0.15) is 36.8 Å². The van der Waals surface area contributed by atoms with Crippen LogP contribution >= 0.6 is 0 Å². The lowest BCUT2D eigenvalue weighted by molar-refractivity contribution is -0.387. The molecule has 0 unspecified atom stereocenters. The van der Waals surface area contributed by atoms with Crippen LogP contribution in [-0.2, 0) is 10.0 Å². The molecule has 122 valence electrons. The SMILES string of the molecule is Cc1cc([N+](=O)[O-])c(S(=O)(=O)N[C@@H]2CCCC[C@H]2N)cc1C. The number of nitro benzene ring substituents is 1. The van der Waals surface area contributed by atoms with Gasteiger partial charge in [0.05, 0.1) is 4.92 Å². The predicted octanol–water partition coefficient (Wildman–Crippen LogP) is 1.76. The van der Waals surface area contributed by atoms with E-state index in [1.165, 1.54) is 12.1 Å². The highest BCUT2D eigenvalue weighted by atomic mass is 32.2.